The molecule has 3 heterocycles. The number of nitrogens with zero attached hydrogens (tertiary/aromatic N) is 4. The van der Waals surface area contributed by atoms with Crippen LogP contribution in [0.1, 0.15) is 33.7 Å². The van der Waals surface area contributed by atoms with Gasteiger partial charge in [-0.3, -0.25) is 14.6 Å². The number of amides is 1. The van der Waals surface area contributed by atoms with Crippen LogP contribution in [0.2, 0.25) is 0 Å². The molecule has 4 rings (SSSR count). The molecule has 3 N–H and O–H groups in total. The molecule has 9 nitrogen and oxygen atoms in total. The maximum Gasteiger partial charge on any atom is 0.417 e. The van der Waals surface area contributed by atoms with Crippen molar-refractivity contribution in [3.63, 3.8) is 0 Å². The van der Waals surface area contributed by atoms with Crippen LogP contribution in [0, 0.1) is 17.6 Å². The summed E-state index contributed by atoms with van der Waals surface area (Å²) in [6, 6.07) is 5.00. The molecule has 0 saturated heterocycles. The first kappa shape index (κ1) is 28.3. The molecule has 0 fully saturated rings. The van der Waals surface area contributed by atoms with E-state index in [-0.39, 0.29) is 47.8 Å². The van der Waals surface area contributed by atoms with Gasteiger partial charge < -0.3 is 15.6 Å². The Hall–Kier alpha value is -4.75. The van der Waals surface area contributed by atoms with Crippen molar-refractivity contribution >= 4 is 17.5 Å². The third kappa shape index (κ3) is 7.01. The molecule has 208 valence electrons. The van der Waals surface area contributed by atoms with E-state index < -0.39 is 41.0 Å². The Morgan fingerprint density at radius 3 is 2.50 bits per heavy atom. The minimum Gasteiger partial charge on any atom is -0.366 e. The van der Waals surface area contributed by atoms with E-state index in [4.69, 9.17) is 0 Å². The average Bonchev–Trinajstić information content (AvgIpc) is 3.44. The number of anilines is 1. The number of ketones is 1. The second-order valence-corrected chi connectivity index (χ2v) is 8.73. The summed E-state index contributed by atoms with van der Waals surface area (Å²) in [6.07, 6.45) is -0.130. The Kier molecular flexibility index (Phi) is 8.46. The van der Waals surface area contributed by atoms with Crippen molar-refractivity contribution in [2.45, 2.75) is 25.6 Å². The first-order valence-electron chi connectivity index (χ1n) is 11.8. The second kappa shape index (κ2) is 12.0. The van der Waals surface area contributed by atoms with Crippen molar-refractivity contribution in [2.75, 3.05) is 12.4 Å². The molecule has 14 heteroatoms. The molecule has 0 saturated carbocycles. The van der Waals surface area contributed by atoms with E-state index in [2.05, 4.69) is 35.6 Å². The standard InChI is InChI=1S/C26H22F5N7O2/c1-32-25(40)15(5-19-12-34-13-36-19)6-22(39)21-8-23(35-10-14-2-3-18(27)7-20(14)28)38-24(37-21)16-4-17(11-33-9-16)26(29,30)31/h2-4,7-9,11-13,15H,5-6,10H2,1H3,(H,32,40)(H,34,36)(H,35,37,38). The van der Waals surface area contributed by atoms with Gasteiger partial charge in [-0.05, 0) is 12.1 Å². The van der Waals surface area contributed by atoms with Crippen molar-refractivity contribution in [1.29, 1.82) is 0 Å². The number of Topliss-reactive ketones (excluding diaryl/α,β-unsaturated/α-hetero) is 1. The quantitative estimate of drug-likeness (QED) is 0.195. The zero-order chi connectivity index (χ0) is 28.9. The van der Waals surface area contributed by atoms with Crippen molar-refractivity contribution < 1.29 is 31.5 Å². The number of aromatic nitrogens is 5. The molecule has 1 atom stereocenters. The van der Waals surface area contributed by atoms with Crippen LogP contribution < -0.4 is 10.6 Å². The van der Waals surface area contributed by atoms with Gasteiger partial charge in [-0.25, -0.2) is 23.7 Å². The number of benzene rings is 1. The van der Waals surface area contributed by atoms with Gasteiger partial charge in [0.2, 0.25) is 5.91 Å². The number of rotatable bonds is 10. The van der Waals surface area contributed by atoms with E-state index in [9.17, 15) is 31.5 Å². The summed E-state index contributed by atoms with van der Waals surface area (Å²) < 4.78 is 67.3. The van der Waals surface area contributed by atoms with E-state index in [1.54, 1.807) is 0 Å². The number of halogens is 5. The Morgan fingerprint density at radius 2 is 1.82 bits per heavy atom. The zero-order valence-electron chi connectivity index (χ0n) is 20.9. The largest absolute Gasteiger partial charge is 0.417 e. The number of carbonyl (C=O) groups excluding carboxylic acids is 2. The fraction of sp³-hybridized carbons (Fsp3) is 0.231. The molecule has 4 aromatic rings. The highest BCUT2D eigenvalue weighted by Gasteiger charge is 2.31. The van der Waals surface area contributed by atoms with Crippen LogP contribution in [0.15, 0.2) is 55.2 Å². The maximum absolute atomic E-state index is 14.1. The molecule has 0 radical (unpaired) electrons. The van der Waals surface area contributed by atoms with E-state index >= 15 is 0 Å². The van der Waals surface area contributed by atoms with Crippen molar-refractivity contribution in [1.82, 2.24) is 30.2 Å². The predicted octanol–water partition coefficient (Wildman–Crippen LogP) is 4.35. The lowest BCUT2D eigenvalue weighted by atomic mass is 9.95. The summed E-state index contributed by atoms with van der Waals surface area (Å²) in [5.74, 6) is -3.67. The number of pyridine rings is 1. The van der Waals surface area contributed by atoms with E-state index in [0.29, 0.717) is 18.0 Å². The molecule has 1 amide bonds. The minimum absolute atomic E-state index is 0.0143. The average molecular weight is 559 g/mol. The van der Waals surface area contributed by atoms with Gasteiger partial charge in [0.1, 0.15) is 23.1 Å². The lowest BCUT2D eigenvalue weighted by molar-refractivity contribution is -0.137. The van der Waals surface area contributed by atoms with Crippen LogP contribution in [0.3, 0.4) is 0 Å². The molecule has 0 aliphatic heterocycles. The SMILES string of the molecule is CNC(=O)C(CC(=O)c1cc(NCc2ccc(F)cc2F)nc(-c2cncc(C(F)(F)F)c2)n1)Cc1cnc[nH]1. The maximum atomic E-state index is 14.1. The Balaban J connectivity index is 1.68. The Labute approximate surface area is 224 Å². The van der Waals surface area contributed by atoms with Crippen LogP contribution in [-0.2, 0) is 23.9 Å². The molecule has 0 aliphatic rings. The highest BCUT2D eigenvalue weighted by Crippen LogP contribution is 2.31. The van der Waals surface area contributed by atoms with Crippen LogP contribution in [-0.4, -0.2) is 43.7 Å². The second-order valence-electron chi connectivity index (χ2n) is 8.73. The van der Waals surface area contributed by atoms with Crippen LogP contribution >= 0.6 is 0 Å². The molecule has 1 unspecified atom stereocenters. The first-order valence-corrected chi connectivity index (χ1v) is 11.8. The zero-order valence-corrected chi connectivity index (χ0v) is 20.9. The Bertz CT molecular complexity index is 1510. The molecule has 0 bridgehead atoms. The van der Waals surface area contributed by atoms with Crippen molar-refractivity contribution in [3.8, 4) is 11.4 Å². The summed E-state index contributed by atoms with van der Waals surface area (Å²) in [5.41, 5.74) is -0.672. The number of imidazole rings is 1. The lowest BCUT2D eigenvalue weighted by Gasteiger charge is -2.15. The summed E-state index contributed by atoms with van der Waals surface area (Å²) in [5, 5.41) is 5.30. The topological polar surface area (TPSA) is 126 Å². The fourth-order valence-corrected chi connectivity index (χ4v) is 3.83. The third-order valence-electron chi connectivity index (χ3n) is 5.88. The molecular weight excluding hydrogens is 537 g/mol. The van der Waals surface area contributed by atoms with E-state index in [1.165, 1.54) is 31.7 Å². The van der Waals surface area contributed by atoms with E-state index in [0.717, 1.165) is 18.3 Å². The minimum atomic E-state index is -4.69. The summed E-state index contributed by atoms with van der Waals surface area (Å²) in [4.78, 5) is 44.5. The fourth-order valence-electron chi connectivity index (χ4n) is 3.83. The number of hydrogen-bond acceptors (Lipinski definition) is 7. The van der Waals surface area contributed by atoms with Crippen molar-refractivity contribution in [3.05, 3.63) is 89.4 Å². The molecular formula is C26H22F5N7O2. The highest BCUT2D eigenvalue weighted by atomic mass is 19.4. The summed E-state index contributed by atoms with van der Waals surface area (Å²) in [6.45, 7) is -0.183. The normalized spacial score (nSPS) is 12.2. The molecule has 40 heavy (non-hydrogen) atoms. The van der Waals surface area contributed by atoms with Gasteiger partial charge in [-0.15, -0.1) is 0 Å². The number of hydrogen-bond donors (Lipinski definition) is 3. The molecule has 0 aliphatic carbocycles. The van der Waals surface area contributed by atoms with Gasteiger partial charge in [-0.1, -0.05) is 6.07 Å². The van der Waals surface area contributed by atoms with Crippen LogP contribution in [0.4, 0.5) is 27.8 Å². The third-order valence-corrected chi connectivity index (χ3v) is 5.88. The van der Waals surface area contributed by atoms with Crippen LogP contribution in [0.5, 0.6) is 0 Å². The first-order chi connectivity index (χ1) is 19.0. The highest BCUT2D eigenvalue weighted by molar-refractivity contribution is 5.98. The summed E-state index contributed by atoms with van der Waals surface area (Å²) >= 11 is 0. The van der Waals surface area contributed by atoms with Gasteiger partial charge in [0, 0.05) is 74.0 Å². The number of alkyl halides is 3. The van der Waals surface area contributed by atoms with Gasteiger partial charge in [0.15, 0.2) is 11.6 Å². The Morgan fingerprint density at radius 1 is 1.02 bits per heavy atom. The van der Waals surface area contributed by atoms with Gasteiger partial charge in [0.05, 0.1) is 17.8 Å². The monoisotopic (exact) mass is 559 g/mol. The predicted molar refractivity (Wildman–Crippen MR) is 133 cm³/mol. The smallest absolute Gasteiger partial charge is 0.366 e. The number of carbonyl (C=O) groups is 2. The van der Waals surface area contributed by atoms with E-state index in [1.807, 2.05) is 0 Å². The molecule has 3 aromatic heterocycles. The summed E-state index contributed by atoms with van der Waals surface area (Å²) in [7, 11) is 1.42. The number of nitrogens with one attached hydrogen (secondary N) is 3. The number of aromatic amines is 1. The van der Waals surface area contributed by atoms with Crippen molar-refractivity contribution in [2.24, 2.45) is 5.92 Å². The molecule has 0 spiro atoms. The number of H-pyrrole nitrogens is 1. The molecule has 1 aromatic carbocycles. The van der Waals surface area contributed by atoms with Gasteiger partial charge in [-0.2, -0.15) is 13.2 Å². The van der Waals surface area contributed by atoms with Crippen LogP contribution in [0.25, 0.3) is 11.4 Å². The lowest BCUT2D eigenvalue weighted by Crippen LogP contribution is -2.31. The van der Waals surface area contributed by atoms with Gasteiger partial charge in [0.25, 0.3) is 0 Å². The van der Waals surface area contributed by atoms with Gasteiger partial charge >= 0.3 is 6.18 Å².